The van der Waals surface area contributed by atoms with Gasteiger partial charge in [0, 0.05) is 12.0 Å². The fourth-order valence-electron chi connectivity index (χ4n) is 2.47. The molecule has 1 heterocycles. The third-order valence-corrected chi connectivity index (χ3v) is 3.38. The number of hydrogen-bond acceptors (Lipinski definition) is 3. The first-order valence-electron chi connectivity index (χ1n) is 5.85. The van der Waals surface area contributed by atoms with E-state index in [0.717, 1.165) is 36.3 Å². The van der Waals surface area contributed by atoms with Crippen LogP contribution in [0.25, 0.3) is 11.1 Å². The van der Waals surface area contributed by atoms with Crippen LogP contribution in [-0.4, -0.2) is 11.0 Å². The first-order chi connectivity index (χ1) is 7.72. The van der Waals surface area contributed by atoms with Crippen molar-refractivity contribution in [2.24, 2.45) is 5.73 Å². The molecule has 1 saturated carbocycles. The van der Waals surface area contributed by atoms with Crippen molar-refractivity contribution in [2.45, 2.75) is 38.1 Å². The van der Waals surface area contributed by atoms with Crippen LogP contribution in [0.3, 0.4) is 0 Å². The molecule has 1 aromatic heterocycles. The second-order valence-electron chi connectivity index (χ2n) is 4.79. The minimum absolute atomic E-state index is 0.321. The van der Waals surface area contributed by atoms with Gasteiger partial charge in [0.15, 0.2) is 11.5 Å². The van der Waals surface area contributed by atoms with Gasteiger partial charge < -0.3 is 10.2 Å². The number of rotatable bonds is 1. The molecule has 84 valence electrons. The van der Waals surface area contributed by atoms with Crippen LogP contribution in [0.1, 0.15) is 36.6 Å². The van der Waals surface area contributed by atoms with Crippen molar-refractivity contribution < 1.29 is 4.42 Å². The van der Waals surface area contributed by atoms with Gasteiger partial charge in [-0.05, 0) is 43.9 Å². The van der Waals surface area contributed by atoms with Crippen molar-refractivity contribution >= 4 is 11.1 Å². The number of nitrogens with two attached hydrogens (primary N) is 1. The summed E-state index contributed by atoms with van der Waals surface area (Å²) in [5.41, 5.74) is 8.99. The second-order valence-corrected chi connectivity index (χ2v) is 4.79. The summed E-state index contributed by atoms with van der Waals surface area (Å²) in [6.07, 6.45) is 3.20. The van der Waals surface area contributed by atoms with Gasteiger partial charge in [0.2, 0.25) is 0 Å². The predicted molar refractivity (Wildman–Crippen MR) is 63.3 cm³/mol. The Labute approximate surface area is 94.7 Å². The highest BCUT2D eigenvalue weighted by molar-refractivity contribution is 5.73. The molecule has 0 radical (unpaired) electrons. The van der Waals surface area contributed by atoms with Crippen LogP contribution in [0.4, 0.5) is 0 Å². The maximum absolute atomic E-state index is 5.91. The molecule has 1 fully saturated rings. The Kier molecular flexibility index (Phi) is 2.21. The zero-order valence-electron chi connectivity index (χ0n) is 9.44. The summed E-state index contributed by atoms with van der Waals surface area (Å²) in [4.78, 5) is 4.57. The molecular weight excluding hydrogens is 200 g/mol. The van der Waals surface area contributed by atoms with E-state index in [1.54, 1.807) is 0 Å². The van der Waals surface area contributed by atoms with Gasteiger partial charge >= 0.3 is 0 Å². The molecule has 1 aliphatic carbocycles. The summed E-state index contributed by atoms with van der Waals surface area (Å²) < 4.78 is 5.79. The quantitative estimate of drug-likeness (QED) is 0.797. The lowest BCUT2D eigenvalue weighted by atomic mass is 10.1. The van der Waals surface area contributed by atoms with Crippen LogP contribution < -0.4 is 5.73 Å². The zero-order chi connectivity index (χ0) is 11.1. The van der Waals surface area contributed by atoms with E-state index in [4.69, 9.17) is 10.2 Å². The summed E-state index contributed by atoms with van der Waals surface area (Å²) in [7, 11) is 0. The molecule has 2 aromatic rings. The summed E-state index contributed by atoms with van der Waals surface area (Å²) in [5.74, 6) is 1.29. The molecule has 2 atom stereocenters. The van der Waals surface area contributed by atoms with E-state index in [9.17, 15) is 0 Å². The molecule has 1 aliphatic rings. The van der Waals surface area contributed by atoms with Crippen molar-refractivity contribution in [1.82, 2.24) is 4.98 Å². The number of oxazole rings is 1. The van der Waals surface area contributed by atoms with Crippen LogP contribution in [0, 0.1) is 6.92 Å². The molecule has 3 rings (SSSR count). The number of nitrogens with zero attached hydrogens (tertiary/aromatic N) is 1. The first kappa shape index (κ1) is 9.85. The van der Waals surface area contributed by atoms with Gasteiger partial charge in [0.25, 0.3) is 0 Å². The zero-order valence-corrected chi connectivity index (χ0v) is 9.44. The van der Waals surface area contributed by atoms with Gasteiger partial charge in [-0.25, -0.2) is 4.98 Å². The second kappa shape index (κ2) is 3.59. The maximum Gasteiger partial charge on any atom is 0.198 e. The fraction of sp³-hybridized carbons (Fsp3) is 0.462. The highest BCUT2D eigenvalue weighted by Gasteiger charge is 2.27. The van der Waals surface area contributed by atoms with E-state index in [1.165, 1.54) is 5.56 Å². The Morgan fingerprint density at radius 2 is 2.25 bits per heavy atom. The molecule has 0 saturated heterocycles. The number of aryl methyl sites for hydroxylation is 1. The third kappa shape index (κ3) is 1.61. The number of fused-ring (bicyclic) bond motifs is 1. The van der Waals surface area contributed by atoms with Crippen LogP contribution >= 0.6 is 0 Å². The van der Waals surface area contributed by atoms with E-state index < -0.39 is 0 Å². The monoisotopic (exact) mass is 216 g/mol. The molecule has 16 heavy (non-hydrogen) atoms. The molecule has 1 aromatic carbocycles. The Hall–Kier alpha value is -1.35. The van der Waals surface area contributed by atoms with E-state index in [1.807, 2.05) is 6.07 Å². The van der Waals surface area contributed by atoms with Crippen molar-refractivity contribution in [3.05, 3.63) is 29.7 Å². The number of benzene rings is 1. The molecule has 2 unspecified atom stereocenters. The Balaban J connectivity index is 1.99. The Morgan fingerprint density at radius 3 is 3.00 bits per heavy atom. The summed E-state index contributed by atoms with van der Waals surface area (Å²) in [6.45, 7) is 2.07. The minimum Gasteiger partial charge on any atom is -0.440 e. The van der Waals surface area contributed by atoms with Crippen molar-refractivity contribution in [3.63, 3.8) is 0 Å². The maximum atomic E-state index is 5.91. The smallest absolute Gasteiger partial charge is 0.198 e. The van der Waals surface area contributed by atoms with E-state index in [-0.39, 0.29) is 0 Å². The van der Waals surface area contributed by atoms with Gasteiger partial charge in [-0.15, -0.1) is 0 Å². The molecule has 0 spiro atoms. The predicted octanol–water partition coefficient (Wildman–Crippen LogP) is 2.73. The highest BCUT2D eigenvalue weighted by Crippen LogP contribution is 2.34. The average Bonchev–Trinajstić information content (AvgIpc) is 2.83. The minimum atomic E-state index is 0.321. The van der Waals surface area contributed by atoms with E-state index >= 15 is 0 Å². The SMILES string of the molecule is Cc1ccc2oc(C3CCC(N)C3)nc2c1. The largest absolute Gasteiger partial charge is 0.440 e. The van der Waals surface area contributed by atoms with Crippen LogP contribution in [-0.2, 0) is 0 Å². The highest BCUT2D eigenvalue weighted by atomic mass is 16.3. The third-order valence-electron chi connectivity index (χ3n) is 3.38. The lowest BCUT2D eigenvalue weighted by molar-refractivity contribution is 0.471. The summed E-state index contributed by atoms with van der Waals surface area (Å²) in [5, 5.41) is 0. The molecule has 0 aliphatic heterocycles. The summed E-state index contributed by atoms with van der Waals surface area (Å²) >= 11 is 0. The number of hydrogen-bond donors (Lipinski definition) is 1. The van der Waals surface area contributed by atoms with E-state index in [0.29, 0.717) is 12.0 Å². The van der Waals surface area contributed by atoms with Gasteiger partial charge in [-0.1, -0.05) is 6.07 Å². The Morgan fingerprint density at radius 1 is 1.38 bits per heavy atom. The lowest BCUT2D eigenvalue weighted by Gasteiger charge is -2.02. The first-order valence-corrected chi connectivity index (χ1v) is 5.85. The molecule has 2 N–H and O–H groups in total. The molecular formula is C13H16N2O. The normalized spacial score (nSPS) is 25.4. The van der Waals surface area contributed by atoms with Crippen molar-refractivity contribution in [3.8, 4) is 0 Å². The Bertz CT molecular complexity index is 518. The van der Waals surface area contributed by atoms with Crippen LogP contribution in [0.5, 0.6) is 0 Å². The molecule has 3 nitrogen and oxygen atoms in total. The summed E-state index contributed by atoms with van der Waals surface area (Å²) in [6, 6.07) is 6.44. The van der Waals surface area contributed by atoms with Crippen LogP contribution in [0.15, 0.2) is 22.6 Å². The van der Waals surface area contributed by atoms with Crippen molar-refractivity contribution in [1.29, 1.82) is 0 Å². The molecule has 0 amide bonds. The van der Waals surface area contributed by atoms with Gasteiger partial charge in [-0.2, -0.15) is 0 Å². The molecule has 3 heteroatoms. The lowest BCUT2D eigenvalue weighted by Crippen LogP contribution is -2.14. The van der Waals surface area contributed by atoms with E-state index in [2.05, 4.69) is 24.0 Å². The average molecular weight is 216 g/mol. The van der Waals surface area contributed by atoms with Gasteiger partial charge in [0.1, 0.15) is 5.52 Å². The van der Waals surface area contributed by atoms with Crippen molar-refractivity contribution in [2.75, 3.05) is 0 Å². The van der Waals surface area contributed by atoms with Gasteiger partial charge in [0.05, 0.1) is 0 Å². The standard InChI is InChI=1S/C13H16N2O/c1-8-2-5-12-11(6-8)15-13(16-12)9-3-4-10(14)7-9/h2,5-6,9-10H,3-4,7,14H2,1H3. The molecule has 0 bridgehead atoms. The van der Waals surface area contributed by atoms with Crippen LogP contribution in [0.2, 0.25) is 0 Å². The van der Waals surface area contributed by atoms with Gasteiger partial charge in [-0.3, -0.25) is 0 Å². The number of aromatic nitrogens is 1. The topological polar surface area (TPSA) is 52.0 Å². The fourth-order valence-corrected chi connectivity index (χ4v) is 2.47.